The molecular weight excluding hydrogens is 507 g/mol. The van der Waals surface area contributed by atoms with Crippen molar-refractivity contribution in [1.82, 2.24) is 9.80 Å². The van der Waals surface area contributed by atoms with E-state index in [1.807, 2.05) is 0 Å². The number of carbonyl (C=O) groups is 2. The van der Waals surface area contributed by atoms with Gasteiger partial charge >= 0.3 is 6.18 Å². The largest absolute Gasteiger partial charge is 0.504 e. The molecule has 2 aromatic carbocycles. The molecule has 0 unspecified atom stereocenters. The molecule has 11 heteroatoms. The molecule has 0 aromatic heterocycles. The number of phenolic OH excluding ortho intramolecular Hbond substituents is 1. The van der Waals surface area contributed by atoms with Crippen LogP contribution in [0.4, 0.5) is 18.0 Å². The number of ether oxygens (including phenoxy) is 1. The van der Waals surface area contributed by atoms with Crippen molar-refractivity contribution >= 4 is 29.0 Å². The molecule has 0 aliphatic carbocycles. The number of imide groups is 1. The van der Waals surface area contributed by atoms with E-state index in [-0.39, 0.29) is 21.5 Å². The number of halogens is 3. The molecule has 0 bridgehead atoms. The molecule has 7 nitrogen and oxygen atoms in total. The maximum atomic E-state index is 13.4. The molecule has 0 spiro atoms. The summed E-state index contributed by atoms with van der Waals surface area (Å²) in [6.07, 6.45) is 1.27. The summed E-state index contributed by atoms with van der Waals surface area (Å²) in [4.78, 5) is 28.9. The van der Waals surface area contributed by atoms with Gasteiger partial charge in [-0.25, -0.2) is 0 Å². The van der Waals surface area contributed by atoms with Gasteiger partial charge in [-0.05, 0) is 79.7 Å². The fourth-order valence-corrected chi connectivity index (χ4v) is 5.05. The Balaban J connectivity index is 1.46. The van der Waals surface area contributed by atoms with Gasteiger partial charge in [-0.15, -0.1) is 0 Å². The van der Waals surface area contributed by atoms with E-state index in [2.05, 4.69) is 4.90 Å². The minimum absolute atomic E-state index is 0.181. The second-order valence-electron chi connectivity index (χ2n) is 8.74. The van der Waals surface area contributed by atoms with E-state index in [4.69, 9.17) is 10.00 Å². The van der Waals surface area contributed by atoms with Gasteiger partial charge in [0.1, 0.15) is 5.75 Å². The number of nitriles is 1. The summed E-state index contributed by atoms with van der Waals surface area (Å²) in [5, 5.41) is 18.9. The highest BCUT2D eigenvalue weighted by Crippen LogP contribution is 2.41. The minimum Gasteiger partial charge on any atom is -0.504 e. The first-order valence-corrected chi connectivity index (χ1v) is 12.6. The highest BCUT2D eigenvalue weighted by Gasteiger charge is 2.36. The first kappa shape index (κ1) is 26.6. The number of nitrogens with zero attached hydrogens (tertiary/aromatic N) is 3. The SMILES string of the molecule is N#Cc1ccc(Oc2ccc(/C=C3\SC(=O)N(CCN4CCCCCC4)C3=O)cc2O)c(C(F)(F)F)c1. The van der Waals surface area contributed by atoms with Gasteiger partial charge in [-0.2, -0.15) is 18.4 Å². The lowest BCUT2D eigenvalue weighted by Crippen LogP contribution is -2.37. The normalized spacial score (nSPS) is 18.2. The van der Waals surface area contributed by atoms with Crippen LogP contribution in [0.3, 0.4) is 0 Å². The van der Waals surface area contributed by atoms with Crippen molar-refractivity contribution in [3.8, 4) is 23.3 Å². The van der Waals surface area contributed by atoms with Gasteiger partial charge < -0.3 is 14.7 Å². The third-order valence-corrected chi connectivity index (χ3v) is 7.03. The van der Waals surface area contributed by atoms with Crippen LogP contribution in [-0.2, 0) is 11.0 Å². The molecule has 0 atom stereocenters. The average molecular weight is 532 g/mol. The zero-order valence-electron chi connectivity index (χ0n) is 19.8. The van der Waals surface area contributed by atoms with Gasteiger partial charge in [0.05, 0.1) is 22.1 Å². The van der Waals surface area contributed by atoms with Crippen LogP contribution in [-0.4, -0.2) is 52.2 Å². The Hall–Kier alpha value is -3.49. The Bertz CT molecular complexity index is 1260. The molecule has 2 aliphatic heterocycles. The van der Waals surface area contributed by atoms with Crippen molar-refractivity contribution in [2.24, 2.45) is 0 Å². The number of benzene rings is 2. The molecule has 2 amide bonds. The van der Waals surface area contributed by atoms with E-state index in [0.29, 0.717) is 24.7 Å². The second kappa shape index (κ2) is 11.3. The Kier molecular flexibility index (Phi) is 8.10. The van der Waals surface area contributed by atoms with E-state index < -0.39 is 29.1 Å². The first-order valence-electron chi connectivity index (χ1n) is 11.8. The van der Waals surface area contributed by atoms with E-state index in [1.165, 1.54) is 48.1 Å². The van der Waals surface area contributed by atoms with Crippen LogP contribution in [0.25, 0.3) is 6.08 Å². The predicted molar refractivity (Wildman–Crippen MR) is 132 cm³/mol. The van der Waals surface area contributed by atoms with Crippen LogP contribution in [0.2, 0.25) is 0 Å². The van der Waals surface area contributed by atoms with Crippen LogP contribution in [0.5, 0.6) is 17.2 Å². The molecule has 1 N–H and O–H groups in total. The Morgan fingerprint density at radius 2 is 1.73 bits per heavy atom. The summed E-state index contributed by atoms with van der Waals surface area (Å²) in [5.74, 6) is -1.68. The van der Waals surface area contributed by atoms with Gasteiger partial charge in [0.25, 0.3) is 11.1 Å². The monoisotopic (exact) mass is 531 g/mol. The van der Waals surface area contributed by atoms with E-state index >= 15 is 0 Å². The van der Waals surface area contributed by atoms with Crippen molar-refractivity contribution in [3.05, 3.63) is 58.0 Å². The number of thioether (sulfide) groups is 1. The standard InChI is InChI=1S/C26H24F3N3O4S/c27-26(28,29)19-13-18(16-30)6-7-21(19)36-22-8-5-17(14-20(22)33)15-23-24(34)32(25(35)37-23)12-11-31-9-3-1-2-4-10-31/h5-8,13-15,33H,1-4,9-12H2/b23-15-. The number of phenols is 1. The molecule has 0 saturated carbocycles. The van der Waals surface area contributed by atoms with E-state index in [0.717, 1.165) is 43.8 Å². The highest BCUT2D eigenvalue weighted by molar-refractivity contribution is 8.18. The van der Waals surface area contributed by atoms with Crippen LogP contribution < -0.4 is 4.74 Å². The van der Waals surface area contributed by atoms with E-state index in [9.17, 15) is 27.9 Å². The quantitative estimate of drug-likeness (QED) is 0.458. The summed E-state index contributed by atoms with van der Waals surface area (Å²) in [7, 11) is 0. The van der Waals surface area contributed by atoms with Gasteiger partial charge in [0.15, 0.2) is 11.5 Å². The van der Waals surface area contributed by atoms with Gasteiger partial charge in [0.2, 0.25) is 0 Å². The van der Waals surface area contributed by atoms with Crippen molar-refractivity contribution in [2.45, 2.75) is 31.9 Å². The number of hydrogen-bond acceptors (Lipinski definition) is 7. The van der Waals surface area contributed by atoms with Crippen molar-refractivity contribution < 1.29 is 32.6 Å². The molecule has 2 aromatic rings. The predicted octanol–water partition coefficient (Wildman–Crippen LogP) is 5.99. The molecule has 2 saturated heterocycles. The molecule has 0 radical (unpaired) electrons. The lowest BCUT2D eigenvalue weighted by Gasteiger charge is -2.22. The van der Waals surface area contributed by atoms with E-state index in [1.54, 1.807) is 6.07 Å². The molecule has 37 heavy (non-hydrogen) atoms. The molecule has 2 aliphatic rings. The third-order valence-electron chi connectivity index (χ3n) is 6.13. The fourth-order valence-electron chi connectivity index (χ4n) is 4.18. The number of likely N-dealkylation sites (tertiary alicyclic amines) is 1. The summed E-state index contributed by atoms with van der Waals surface area (Å²) in [6, 6.07) is 8.47. The van der Waals surface area contributed by atoms with Crippen LogP contribution in [0, 0.1) is 11.3 Å². The number of rotatable bonds is 6. The van der Waals surface area contributed by atoms with Crippen molar-refractivity contribution in [3.63, 3.8) is 0 Å². The number of carbonyl (C=O) groups excluding carboxylic acids is 2. The smallest absolute Gasteiger partial charge is 0.420 e. The number of alkyl halides is 3. The minimum atomic E-state index is -4.77. The lowest BCUT2D eigenvalue weighted by atomic mass is 10.1. The Morgan fingerprint density at radius 1 is 1.03 bits per heavy atom. The van der Waals surface area contributed by atoms with Gasteiger partial charge in [-0.3, -0.25) is 14.5 Å². The summed E-state index contributed by atoms with van der Waals surface area (Å²) in [6.45, 7) is 2.82. The summed E-state index contributed by atoms with van der Waals surface area (Å²) >= 11 is 0.804. The number of amides is 2. The van der Waals surface area contributed by atoms with Crippen LogP contribution in [0.15, 0.2) is 41.3 Å². The number of hydrogen-bond donors (Lipinski definition) is 1. The molecule has 2 fully saturated rings. The van der Waals surface area contributed by atoms with Crippen LogP contribution in [0.1, 0.15) is 42.4 Å². The maximum absolute atomic E-state index is 13.4. The average Bonchev–Trinajstić information content (AvgIpc) is 3.01. The zero-order chi connectivity index (χ0) is 26.6. The molecule has 4 rings (SSSR count). The molecule has 194 valence electrons. The zero-order valence-corrected chi connectivity index (χ0v) is 20.6. The maximum Gasteiger partial charge on any atom is 0.420 e. The van der Waals surface area contributed by atoms with Crippen molar-refractivity contribution in [1.29, 1.82) is 5.26 Å². The van der Waals surface area contributed by atoms with Gasteiger partial charge in [-0.1, -0.05) is 18.9 Å². The topological polar surface area (TPSA) is 93.9 Å². The Morgan fingerprint density at radius 3 is 2.38 bits per heavy atom. The third kappa shape index (κ3) is 6.45. The fraction of sp³-hybridized carbons (Fsp3) is 0.346. The van der Waals surface area contributed by atoms with Gasteiger partial charge in [0, 0.05) is 13.1 Å². The highest BCUT2D eigenvalue weighted by atomic mass is 32.2. The van der Waals surface area contributed by atoms with Crippen molar-refractivity contribution in [2.75, 3.05) is 26.2 Å². The first-order chi connectivity index (χ1) is 17.7. The number of aromatic hydroxyl groups is 1. The van der Waals surface area contributed by atoms with Crippen LogP contribution >= 0.6 is 11.8 Å². The lowest BCUT2D eigenvalue weighted by molar-refractivity contribution is -0.138. The summed E-state index contributed by atoms with van der Waals surface area (Å²) in [5.41, 5.74) is -0.956. The molecule has 2 heterocycles. The second-order valence-corrected chi connectivity index (χ2v) is 9.73. The summed E-state index contributed by atoms with van der Waals surface area (Å²) < 4.78 is 45.5. The Labute approximate surface area is 216 Å². The molecular formula is C26H24F3N3O4S.